The predicted molar refractivity (Wildman–Crippen MR) is 60.7 cm³/mol. The quantitative estimate of drug-likeness (QED) is 0.409. The van der Waals surface area contributed by atoms with Crippen molar-refractivity contribution in [3.8, 4) is 0 Å². The second-order valence-electron chi connectivity index (χ2n) is 3.51. The third kappa shape index (κ3) is 6.22. The van der Waals surface area contributed by atoms with E-state index in [1.54, 1.807) is 0 Å². The summed E-state index contributed by atoms with van der Waals surface area (Å²) in [5, 5.41) is 17.9. The maximum atomic E-state index is 11.2. The summed E-state index contributed by atoms with van der Waals surface area (Å²) in [5.74, 6) is -2.02. The molecule has 0 rings (SSSR count). The van der Waals surface area contributed by atoms with Crippen molar-refractivity contribution >= 4 is 18.1 Å². The molecule has 0 aromatic heterocycles. The molecule has 0 saturated heterocycles. The van der Waals surface area contributed by atoms with Gasteiger partial charge in [-0.3, -0.25) is 0 Å². The van der Waals surface area contributed by atoms with Gasteiger partial charge in [-0.15, -0.1) is 0 Å². The molecule has 2 atom stereocenters. The highest BCUT2D eigenvalue weighted by Crippen LogP contribution is 2.09. The average Bonchev–Trinajstić information content (AvgIpc) is 2.26. The van der Waals surface area contributed by atoms with Gasteiger partial charge in [-0.05, 0) is 13.8 Å². The highest BCUT2D eigenvalue weighted by atomic mass is 16.8. The van der Waals surface area contributed by atoms with E-state index in [0.717, 1.165) is 0 Å². The maximum absolute atomic E-state index is 11.2. The molecule has 106 valence electrons. The fourth-order valence-electron chi connectivity index (χ4n) is 0.712. The van der Waals surface area contributed by atoms with E-state index in [4.69, 9.17) is 5.11 Å². The van der Waals surface area contributed by atoms with Crippen molar-refractivity contribution in [3.05, 3.63) is 24.3 Å². The predicted octanol–water partition coefficient (Wildman–Crippen LogP) is 0.564. The van der Waals surface area contributed by atoms with Crippen molar-refractivity contribution in [2.45, 2.75) is 26.4 Å². The van der Waals surface area contributed by atoms with Crippen LogP contribution in [0.15, 0.2) is 24.3 Å². The zero-order valence-electron chi connectivity index (χ0n) is 10.4. The summed E-state index contributed by atoms with van der Waals surface area (Å²) in [5.41, 5.74) is -0.100. The second kappa shape index (κ2) is 7.17. The topological polar surface area (TPSA) is 119 Å². The van der Waals surface area contributed by atoms with Gasteiger partial charge in [0.2, 0.25) is 0 Å². The van der Waals surface area contributed by atoms with Gasteiger partial charge < -0.3 is 24.4 Å². The van der Waals surface area contributed by atoms with Gasteiger partial charge >= 0.3 is 24.4 Å². The van der Waals surface area contributed by atoms with Crippen LogP contribution in [-0.4, -0.2) is 40.9 Å². The van der Waals surface area contributed by atoms with Crippen molar-refractivity contribution in [2.75, 3.05) is 0 Å². The Labute approximate surface area is 108 Å². The molecule has 2 unspecified atom stereocenters. The van der Waals surface area contributed by atoms with E-state index in [9.17, 15) is 19.5 Å². The first-order valence-corrected chi connectivity index (χ1v) is 4.95. The van der Waals surface area contributed by atoms with Crippen molar-refractivity contribution < 1.29 is 38.8 Å². The molecule has 2 N–H and O–H groups in total. The van der Waals surface area contributed by atoms with E-state index in [1.807, 2.05) is 0 Å². The fourth-order valence-corrected chi connectivity index (χ4v) is 0.712. The van der Waals surface area contributed by atoms with Crippen LogP contribution < -0.4 is 0 Å². The third-order valence-electron chi connectivity index (χ3n) is 1.60. The van der Waals surface area contributed by atoms with Gasteiger partial charge in [-0.25, -0.2) is 14.4 Å². The van der Waals surface area contributed by atoms with E-state index in [1.165, 1.54) is 13.8 Å². The number of carbonyl (C=O) groups is 3. The third-order valence-corrected chi connectivity index (χ3v) is 1.60. The number of ether oxygens (including phenoxy) is 3. The molecule has 0 heterocycles. The van der Waals surface area contributed by atoms with E-state index in [0.29, 0.717) is 0 Å². The van der Waals surface area contributed by atoms with Crippen molar-refractivity contribution in [2.24, 2.45) is 0 Å². The molecule has 0 aromatic carbocycles. The first kappa shape index (κ1) is 16.6. The van der Waals surface area contributed by atoms with Gasteiger partial charge in [-0.2, -0.15) is 0 Å². The Morgan fingerprint density at radius 1 is 0.947 bits per heavy atom. The molecule has 0 amide bonds. The normalized spacial score (nSPS) is 12.8. The summed E-state index contributed by atoms with van der Waals surface area (Å²) in [6.07, 6.45) is -5.97. The monoisotopic (exact) mass is 274 g/mol. The molecule has 0 bridgehead atoms. The molecular formula is C11H14O8. The van der Waals surface area contributed by atoms with Crippen LogP contribution in [0.4, 0.5) is 4.79 Å². The van der Waals surface area contributed by atoms with Crippen molar-refractivity contribution in [1.82, 2.24) is 0 Å². The average molecular weight is 274 g/mol. The second-order valence-corrected chi connectivity index (χ2v) is 3.51. The van der Waals surface area contributed by atoms with E-state index < -0.39 is 30.7 Å². The van der Waals surface area contributed by atoms with Crippen LogP contribution in [0.2, 0.25) is 0 Å². The van der Waals surface area contributed by atoms with Crippen LogP contribution in [-0.2, 0) is 23.8 Å². The molecule has 0 aliphatic carbocycles. The SMILES string of the molecule is C=C(C)C(=O)OC(O)C(OC(=O)O)OC(=O)C(=C)C. The molecule has 0 spiro atoms. The van der Waals surface area contributed by atoms with Crippen LogP contribution in [0.5, 0.6) is 0 Å². The zero-order valence-corrected chi connectivity index (χ0v) is 10.4. The van der Waals surface area contributed by atoms with E-state index in [2.05, 4.69) is 27.4 Å². The van der Waals surface area contributed by atoms with Crippen LogP contribution in [0.25, 0.3) is 0 Å². The lowest BCUT2D eigenvalue weighted by Crippen LogP contribution is -2.38. The smallest absolute Gasteiger partial charge is 0.450 e. The van der Waals surface area contributed by atoms with Gasteiger partial charge in [0, 0.05) is 11.1 Å². The van der Waals surface area contributed by atoms with Crippen molar-refractivity contribution in [3.63, 3.8) is 0 Å². The number of rotatable bonds is 6. The highest BCUT2D eigenvalue weighted by molar-refractivity contribution is 5.87. The van der Waals surface area contributed by atoms with Gasteiger partial charge in [0.25, 0.3) is 6.29 Å². The van der Waals surface area contributed by atoms with Crippen LogP contribution in [0.3, 0.4) is 0 Å². The Morgan fingerprint density at radius 3 is 1.74 bits per heavy atom. The minimum Gasteiger partial charge on any atom is -0.450 e. The number of esters is 2. The molecule has 0 radical (unpaired) electrons. The molecule has 0 saturated carbocycles. The number of aliphatic hydroxyl groups is 1. The number of hydrogen-bond acceptors (Lipinski definition) is 7. The summed E-state index contributed by atoms with van der Waals surface area (Å²) >= 11 is 0. The standard InChI is InChI=1S/C11H14O8/c1-5(2)7(12)17-9(14)10(19-11(15)16)18-8(13)6(3)4/h9-10,14H,1,3H2,2,4H3,(H,15,16). The summed E-state index contributed by atoms with van der Waals surface area (Å²) < 4.78 is 12.9. The Morgan fingerprint density at radius 2 is 1.37 bits per heavy atom. The minimum atomic E-state index is -2.12. The summed E-state index contributed by atoms with van der Waals surface area (Å²) in [4.78, 5) is 32.7. The first-order chi connectivity index (χ1) is 8.65. The van der Waals surface area contributed by atoms with Crippen LogP contribution in [0, 0.1) is 0 Å². The summed E-state index contributed by atoms with van der Waals surface area (Å²) in [7, 11) is 0. The summed E-state index contributed by atoms with van der Waals surface area (Å²) in [6, 6.07) is 0. The lowest BCUT2D eigenvalue weighted by Gasteiger charge is -2.21. The number of hydrogen-bond donors (Lipinski definition) is 2. The van der Waals surface area contributed by atoms with Crippen LogP contribution in [0.1, 0.15) is 13.8 Å². The zero-order chi connectivity index (χ0) is 15.2. The molecule has 8 heteroatoms. The molecule has 0 fully saturated rings. The number of aliphatic hydroxyl groups excluding tert-OH is 1. The first-order valence-electron chi connectivity index (χ1n) is 4.95. The number of carbonyl (C=O) groups excluding carboxylic acids is 2. The minimum absolute atomic E-state index is 0.0423. The van der Waals surface area contributed by atoms with Gasteiger partial charge in [0.05, 0.1) is 0 Å². The number of carboxylic acid groups (broad SMARTS) is 1. The van der Waals surface area contributed by atoms with E-state index in [-0.39, 0.29) is 11.1 Å². The Kier molecular flexibility index (Phi) is 6.28. The Balaban J connectivity index is 4.78. The molecule has 0 aromatic rings. The van der Waals surface area contributed by atoms with Gasteiger partial charge in [0.15, 0.2) is 0 Å². The Hall–Kier alpha value is -2.35. The lowest BCUT2D eigenvalue weighted by atomic mass is 10.3. The Bertz CT molecular complexity index is 411. The van der Waals surface area contributed by atoms with Gasteiger partial charge in [-0.1, -0.05) is 13.2 Å². The fraction of sp³-hybridized carbons (Fsp3) is 0.364. The summed E-state index contributed by atoms with van der Waals surface area (Å²) in [6.45, 7) is 9.11. The maximum Gasteiger partial charge on any atom is 0.509 e. The van der Waals surface area contributed by atoms with Crippen molar-refractivity contribution in [1.29, 1.82) is 0 Å². The largest absolute Gasteiger partial charge is 0.509 e. The molecule has 0 aliphatic heterocycles. The van der Waals surface area contributed by atoms with Gasteiger partial charge in [0.1, 0.15) is 0 Å². The lowest BCUT2D eigenvalue weighted by molar-refractivity contribution is -0.241. The molecule has 19 heavy (non-hydrogen) atoms. The molecule has 0 aliphatic rings. The van der Waals surface area contributed by atoms with E-state index >= 15 is 0 Å². The molecular weight excluding hydrogens is 260 g/mol. The highest BCUT2D eigenvalue weighted by Gasteiger charge is 2.31. The molecule has 8 nitrogen and oxygen atoms in total. The van der Waals surface area contributed by atoms with Crippen LogP contribution >= 0.6 is 0 Å².